The van der Waals surface area contributed by atoms with Gasteiger partial charge in [-0.15, -0.1) is 0 Å². The Morgan fingerprint density at radius 3 is 2.48 bits per heavy atom. The molecule has 1 N–H and O–H groups in total. The summed E-state index contributed by atoms with van der Waals surface area (Å²) in [6.07, 6.45) is 0. The minimum Gasteiger partial charge on any atom is -0.454 e. The highest BCUT2D eigenvalue weighted by molar-refractivity contribution is 7.89. The van der Waals surface area contributed by atoms with Crippen molar-refractivity contribution in [1.29, 1.82) is 0 Å². The van der Waals surface area contributed by atoms with Gasteiger partial charge in [0, 0.05) is 5.41 Å². The number of rotatable bonds is 6. The number of esters is 1. The van der Waals surface area contributed by atoms with Crippen LogP contribution in [0.2, 0.25) is 0 Å². The van der Waals surface area contributed by atoms with Gasteiger partial charge in [0.1, 0.15) is 6.04 Å². The van der Waals surface area contributed by atoms with E-state index >= 15 is 0 Å². The largest absolute Gasteiger partial charge is 0.454 e. The molecule has 0 bridgehead atoms. The quantitative estimate of drug-likeness (QED) is 0.775. The van der Waals surface area contributed by atoms with Crippen molar-refractivity contribution in [3.63, 3.8) is 0 Å². The third kappa shape index (κ3) is 5.10. The Morgan fingerprint density at radius 2 is 1.92 bits per heavy atom. The summed E-state index contributed by atoms with van der Waals surface area (Å²) < 4.78 is 36.7. The van der Waals surface area contributed by atoms with Crippen LogP contribution in [0.4, 0.5) is 0 Å². The molecule has 0 spiro atoms. The number of hydrogen-bond acceptors (Lipinski definition) is 7. The average Bonchev–Trinajstić information content (AvgIpc) is 3.02. The van der Waals surface area contributed by atoms with Crippen LogP contribution in [0.5, 0.6) is 0 Å². The topological polar surface area (TPSA) is 111 Å². The van der Waals surface area contributed by atoms with Gasteiger partial charge in [-0.3, -0.25) is 4.79 Å². The van der Waals surface area contributed by atoms with Crippen molar-refractivity contribution in [1.82, 2.24) is 14.9 Å². The van der Waals surface area contributed by atoms with E-state index in [1.165, 1.54) is 19.1 Å². The molecular weight excluding hydrogens is 346 g/mol. The lowest BCUT2D eigenvalue weighted by molar-refractivity contribution is -0.147. The Kier molecular flexibility index (Phi) is 5.58. The molecule has 0 fully saturated rings. The summed E-state index contributed by atoms with van der Waals surface area (Å²) in [6, 6.07) is 6.71. The molecule has 2 aromatic rings. The summed E-state index contributed by atoms with van der Waals surface area (Å²) in [5.41, 5.74) is -0.287. The SMILES string of the molecule is C[C@H](NS(=O)(=O)c1ccccc1)C(=O)OCc1nc(C(C)(C)C)no1. The van der Waals surface area contributed by atoms with E-state index in [1.807, 2.05) is 20.8 Å². The Hall–Kier alpha value is -2.26. The number of sulfonamides is 1. The molecule has 1 atom stereocenters. The highest BCUT2D eigenvalue weighted by Gasteiger charge is 2.25. The summed E-state index contributed by atoms with van der Waals surface area (Å²) in [4.78, 5) is 16.2. The van der Waals surface area contributed by atoms with Crippen LogP contribution >= 0.6 is 0 Å². The first kappa shape index (κ1) is 19.1. The van der Waals surface area contributed by atoms with E-state index in [4.69, 9.17) is 9.26 Å². The van der Waals surface area contributed by atoms with Crippen LogP contribution < -0.4 is 4.72 Å². The second-order valence-corrected chi connectivity index (χ2v) is 8.24. The monoisotopic (exact) mass is 367 g/mol. The number of benzene rings is 1. The maximum atomic E-state index is 12.2. The van der Waals surface area contributed by atoms with Gasteiger partial charge < -0.3 is 9.26 Å². The van der Waals surface area contributed by atoms with Crippen molar-refractivity contribution in [2.75, 3.05) is 0 Å². The molecule has 0 aliphatic rings. The maximum Gasteiger partial charge on any atom is 0.324 e. The molecule has 1 aromatic heterocycles. The van der Waals surface area contributed by atoms with Crippen LogP contribution in [-0.2, 0) is 31.6 Å². The number of carbonyl (C=O) groups is 1. The molecular formula is C16H21N3O5S. The van der Waals surface area contributed by atoms with Crippen molar-refractivity contribution in [2.24, 2.45) is 0 Å². The minimum absolute atomic E-state index is 0.0707. The fourth-order valence-electron chi connectivity index (χ4n) is 1.82. The smallest absolute Gasteiger partial charge is 0.324 e. The first-order valence-corrected chi connectivity index (χ1v) is 9.15. The molecule has 0 saturated carbocycles. The predicted molar refractivity (Wildman–Crippen MR) is 89.0 cm³/mol. The van der Waals surface area contributed by atoms with Crippen LogP contribution in [0, 0.1) is 0 Å². The number of nitrogens with one attached hydrogen (secondary N) is 1. The lowest BCUT2D eigenvalue weighted by Gasteiger charge is -2.13. The van der Waals surface area contributed by atoms with Crippen LogP contribution in [0.3, 0.4) is 0 Å². The third-order valence-electron chi connectivity index (χ3n) is 3.22. The molecule has 9 heteroatoms. The summed E-state index contributed by atoms with van der Waals surface area (Å²) in [6.45, 7) is 6.95. The number of nitrogens with zero attached hydrogens (tertiary/aromatic N) is 2. The van der Waals surface area contributed by atoms with Gasteiger partial charge >= 0.3 is 5.97 Å². The summed E-state index contributed by atoms with van der Waals surface area (Å²) in [5.74, 6) is -0.0946. The highest BCUT2D eigenvalue weighted by Crippen LogP contribution is 2.18. The Morgan fingerprint density at radius 1 is 1.28 bits per heavy atom. The highest BCUT2D eigenvalue weighted by atomic mass is 32.2. The second-order valence-electron chi connectivity index (χ2n) is 6.53. The molecule has 0 amide bonds. The van der Waals surface area contributed by atoms with Gasteiger partial charge in [-0.1, -0.05) is 44.1 Å². The van der Waals surface area contributed by atoms with E-state index in [1.54, 1.807) is 18.2 Å². The van der Waals surface area contributed by atoms with Gasteiger partial charge in [-0.05, 0) is 19.1 Å². The van der Waals surface area contributed by atoms with Crippen LogP contribution in [0.25, 0.3) is 0 Å². The molecule has 0 saturated heterocycles. The first-order chi connectivity index (χ1) is 11.6. The van der Waals surface area contributed by atoms with Crippen molar-refractivity contribution >= 4 is 16.0 Å². The van der Waals surface area contributed by atoms with E-state index in [9.17, 15) is 13.2 Å². The first-order valence-electron chi connectivity index (χ1n) is 7.66. The van der Waals surface area contributed by atoms with E-state index in [2.05, 4.69) is 14.9 Å². The lowest BCUT2D eigenvalue weighted by atomic mass is 9.96. The lowest BCUT2D eigenvalue weighted by Crippen LogP contribution is -2.39. The van der Waals surface area contributed by atoms with Crippen molar-refractivity contribution in [3.05, 3.63) is 42.0 Å². The summed E-state index contributed by atoms with van der Waals surface area (Å²) in [7, 11) is -3.80. The van der Waals surface area contributed by atoms with E-state index < -0.39 is 22.0 Å². The van der Waals surface area contributed by atoms with Gasteiger partial charge in [0.05, 0.1) is 4.90 Å². The molecule has 2 rings (SSSR count). The minimum atomic E-state index is -3.80. The zero-order valence-electron chi connectivity index (χ0n) is 14.5. The molecule has 1 aromatic carbocycles. The van der Waals surface area contributed by atoms with E-state index in [-0.39, 0.29) is 22.8 Å². The zero-order chi connectivity index (χ0) is 18.7. The average molecular weight is 367 g/mol. The number of hydrogen-bond donors (Lipinski definition) is 1. The van der Waals surface area contributed by atoms with Crippen molar-refractivity contribution in [2.45, 2.75) is 50.7 Å². The Balaban J connectivity index is 1.93. The Labute approximate surface area is 146 Å². The van der Waals surface area contributed by atoms with Crippen molar-refractivity contribution in [3.8, 4) is 0 Å². The standard InChI is InChI=1S/C16H21N3O5S/c1-11(19-25(21,22)12-8-6-5-7-9-12)14(20)23-10-13-17-15(18-24-13)16(2,3)4/h5-9,11,19H,10H2,1-4H3/t11-/m0/s1. The second kappa shape index (κ2) is 7.32. The molecule has 25 heavy (non-hydrogen) atoms. The van der Waals surface area contributed by atoms with Gasteiger partial charge in [0.25, 0.3) is 5.89 Å². The zero-order valence-corrected chi connectivity index (χ0v) is 15.3. The van der Waals surface area contributed by atoms with Crippen LogP contribution in [-0.4, -0.2) is 30.6 Å². The number of aromatic nitrogens is 2. The predicted octanol–water partition coefficient (Wildman–Crippen LogP) is 1.78. The van der Waals surface area contributed by atoms with Gasteiger partial charge in [0.15, 0.2) is 12.4 Å². The summed E-state index contributed by atoms with van der Waals surface area (Å²) in [5, 5.41) is 3.82. The fraction of sp³-hybridized carbons (Fsp3) is 0.438. The van der Waals surface area contributed by atoms with Gasteiger partial charge in [-0.2, -0.15) is 9.71 Å². The van der Waals surface area contributed by atoms with Crippen LogP contribution in [0.15, 0.2) is 39.8 Å². The molecule has 0 radical (unpaired) electrons. The molecule has 1 heterocycles. The fourth-order valence-corrected chi connectivity index (χ4v) is 3.04. The van der Waals surface area contributed by atoms with Gasteiger partial charge in [0.2, 0.25) is 10.0 Å². The summed E-state index contributed by atoms with van der Waals surface area (Å²) >= 11 is 0. The maximum absolute atomic E-state index is 12.2. The molecule has 8 nitrogen and oxygen atoms in total. The van der Waals surface area contributed by atoms with Crippen LogP contribution in [0.1, 0.15) is 39.4 Å². The number of ether oxygens (including phenoxy) is 1. The Bertz CT molecular complexity index is 825. The number of carbonyl (C=O) groups excluding carboxylic acids is 1. The molecule has 0 aliphatic carbocycles. The molecule has 0 aliphatic heterocycles. The normalized spacial score (nSPS) is 13.4. The van der Waals surface area contributed by atoms with Gasteiger partial charge in [-0.25, -0.2) is 8.42 Å². The molecule has 136 valence electrons. The third-order valence-corrected chi connectivity index (χ3v) is 4.77. The van der Waals surface area contributed by atoms with Crippen molar-refractivity contribution < 1.29 is 22.5 Å². The van der Waals surface area contributed by atoms with E-state index in [0.29, 0.717) is 5.82 Å². The molecule has 0 unspecified atom stereocenters. The van der Waals surface area contributed by atoms with E-state index in [0.717, 1.165) is 0 Å².